The van der Waals surface area contributed by atoms with E-state index in [-0.39, 0.29) is 24.0 Å². The van der Waals surface area contributed by atoms with Crippen molar-refractivity contribution < 1.29 is 27.5 Å². The third-order valence-corrected chi connectivity index (χ3v) is 4.80. The Bertz CT molecular complexity index is 743. The van der Waals surface area contributed by atoms with Crippen molar-refractivity contribution in [1.29, 1.82) is 0 Å². The maximum Gasteiger partial charge on any atom is 0.416 e. The SMILES string of the molecule is CCNC(=NCCNC(=O)c1ccc(C(F)(F)F)cc1)N1CCC(C(=O)OC)CC1. The number of carbonyl (C=O) groups excluding carboxylic acids is 2. The lowest BCUT2D eigenvalue weighted by Gasteiger charge is -2.33. The summed E-state index contributed by atoms with van der Waals surface area (Å²) >= 11 is 0. The smallest absolute Gasteiger partial charge is 0.416 e. The first-order valence-electron chi connectivity index (χ1n) is 9.82. The zero-order chi connectivity index (χ0) is 22.1. The fraction of sp³-hybridized carbons (Fsp3) is 0.550. The lowest BCUT2D eigenvalue weighted by atomic mass is 9.97. The van der Waals surface area contributed by atoms with E-state index in [4.69, 9.17) is 4.74 Å². The second-order valence-electron chi connectivity index (χ2n) is 6.85. The van der Waals surface area contributed by atoms with Crippen LogP contribution in [0.3, 0.4) is 0 Å². The molecule has 1 aromatic carbocycles. The molecule has 0 aliphatic carbocycles. The van der Waals surface area contributed by atoms with Gasteiger partial charge >= 0.3 is 12.1 Å². The van der Waals surface area contributed by atoms with Gasteiger partial charge in [-0.3, -0.25) is 14.6 Å². The van der Waals surface area contributed by atoms with E-state index in [2.05, 4.69) is 20.5 Å². The van der Waals surface area contributed by atoms with Crippen LogP contribution in [0.5, 0.6) is 0 Å². The molecule has 0 saturated carbocycles. The number of likely N-dealkylation sites (tertiary alicyclic amines) is 1. The van der Waals surface area contributed by atoms with Gasteiger partial charge in [0.2, 0.25) is 0 Å². The van der Waals surface area contributed by atoms with E-state index < -0.39 is 17.6 Å². The summed E-state index contributed by atoms with van der Waals surface area (Å²) in [7, 11) is 1.39. The van der Waals surface area contributed by atoms with Crippen LogP contribution in [0.15, 0.2) is 29.3 Å². The van der Waals surface area contributed by atoms with E-state index in [9.17, 15) is 22.8 Å². The molecule has 7 nitrogen and oxygen atoms in total. The van der Waals surface area contributed by atoms with Gasteiger partial charge < -0.3 is 20.3 Å². The molecule has 1 aliphatic rings. The molecule has 0 bridgehead atoms. The molecule has 0 unspecified atom stereocenters. The molecular formula is C20H27F3N4O3. The third-order valence-electron chi connectivity index (χ3n) is 4.80. The second kappa shape index (κ2) is 10.8. The number of hydrogen-bond donors (Lipinski definition) is 2. The topological polar surface area (TPSA) is 83.0 Å². The molecule has 2 N–H and O–H groups in total. The molecule has 30 heavy (non-hydrogen) atoms. The Morgan fingerprint density at radius 3 is 2.33 bits per heavy atom. The summed E-state index contributed by atoms with van der Waals surface area (Å²) in [5.74, 6) is -0.0490. The van der Waals surface area contributed by atoms with Crippen LogP contribution in [0.1, 0.15) is 35.7 Å². The summed E-state index contributed by atoms with van der Waals surface area (Å²) in [6.45, 7) is 4.52. The first-order chi connectivity index (χ1) is 14.3. The first-order valence-corrected chi connectivity index (χ1v) is 9.82. The molecule has 0 radical (unpaired) electrons. The van der Waals surface area contributed by atoms with Gasteiger partial charge in [-0.2, -0.15) is 13.2 Å². The number of carbonyl (C=O) groups is 2. The fourth-order valence-corrected chi connectivity index (χ4v) is 3.16. The number of methoxy groups -OCH3 is 1. The minimum atomic E-state index is -4.43. The van der Waals surface area contributed by atoms with Gasteiger partial charge in [0.15, 0.2) is 5.96 Å². The lowest BCUT2D eigenvalue weighted by Crippen LogP contribution is -2.47. The van der Waals surface area contributed by atoms with Gasteiger partial charge in [0.1, 0.15) is 0 Å². The number of hydrogen-bond acceptors (Lipinski definition) is 4. The van der Waals surface area contributed by atoms with Crippen molar-refractivity contribution in [3.8, 4) is 0 Å². The van der Waals surface area contributed by atoms with Crippen molar-refractivity contribution in [1.82, 2.24) is 15.5 Å². The molecule has 0 spiro atoms. The van der Waals surface area contributed by atoms with Gasteiger partial charge in [-0.25, -0.2) is 0 Å². The van der Waals surface area contributed by atoms with Crippen LogP contribution in [0, 0.1) is 5.92 Å². The zero-order valence-electron chi connectivity index (χ0n) is 17.1. The van der Waals surface area contributed by atoms with Crippen LogP contribution >= 0.6 is 0 Å². The van der Waals surface area contributed by atoms with Crippen molar-refractivity contribution >= 4 is 17.8 Å². The van der Waals surface area contributed by atoms with Crippen LogP contribution < -0.4 is 10.6 Å². The highest BCUT2D eigenvalue weighted by atomic mass is 19.4. The number of rotatable bonds is 6. The number of halogens is 3. The minimum absolute atomic E-state index is 0.0999. The molecule has 0 atom stereocenters. The van der Waals surface area contributed by atoms with E-state index in [1.807, 2.05) is 6.92 Å². The quantitative estimate of drug-likeness (QED) is 0.314. The Hall–Kier alpha value is -2.78. The highest BCUT2D eigenvalue weighted by Crippen LogP contribution is 2.29. The zero-order valence-corrected chi connectivity index (χ0v) is 17.1. The first kappa shape index (κ1) is 23.5. The standard InChI is InChI=1S/C20H27F3N4O3/c1-3-24-19(27-12-8-15(9-13-27)18(29)30-2)26-11-10-25-17(28)14-4-6-16(7-5-14)20(21,22)23/h4-7,15H,3,8-13H2,1-2H3,(H,24,26)(H,25,28). The monoisotopic (exact) mass is 428 g/mol. The molecule has 0 aromatic heterocycles. The van der Waals surface area contributed by atoms with E-state index in [1.165, 1.54) is 7.11 Å². The van der Waals surface area contributed by atoms with Gasteiger partial charge in [0.05, 0.1) is 25.1 Å². The van der Waals surface area contributed by atoms with E-state index in [1.54, 1.807) is 0 Å². The number of nitrogens with zero attached hydrogens (tertiary/aromatic N) is 2. The Morgan fingerprint density at radius 2 is 1.80 bits per heavy atom. The average Bonchev–Trinajstić information content (AvgIpc) is 2.74. The van der Waals surface area contributed by atoms with E-state index in [0.29, 0.717) is 45.0 Å². The minimum Gasteiger partial charge on any atom is -0.469 e. The number of amides is 1. The normalized spacial score (nSPS) is 15.6. The van der Waals surface area contributed by atoms with Crippen LogP contribution in [0.4, 0.5) is 13.2 Å². The molecule has 166 valence electrons. The Morgan fingerprint density at radius 1 is 1.17 bits per heavy atom. The summed E-state index contributed by atoms with van der Waals surface area (Å²) in [5.41, 5.74) is -0.640. The third kappa shape index (κ3) is 6.64. The summed E-state index contributed by atoms with van der Waals surface area (Å²) in [6.07, 6.45) is -3.07. The number of alkyl halides is 3. The summed E-state index contributed by atoms with van der Waals surface area (Å²) in [5, 5.41) is 5.84. The van der Waals surface area contributed by atoms with Crippen molar-refractivity contribution in [2.45, 2.75) is 25.9 Å². The van der Waals surface area contributed by atoms with Gasteiger partial charge in [-0.15, -0.1) is 0 Å². The van der Waals surface area contributed by atoms with Gasteiger partial charge in [-0.1, -0.05) is 0 Å². The highest BCUT2D eigenvalue weighted by Gasteiger charge is 2.30. The summed E-state index contributed by atoms with van der Waals surface area (Å²) in [4.78, 5) is 30.3. The number of nitrogens with one attached hydrogen (secondary N) is 2. The van der Waals surface area contributed by atoms with Crippen LogP contribution in [-0.2, 0) is 15.7 Å². The molecule has 2 rings (SSSR count). The maximum absolute atomic E-state index is 12.6. The van der Waals surface area contributed by atoms with Gasteiger partial charge in [0.25, 0.3) is 5.91 Å². The number of benzene rings is 1. The Balaban J connectivity index is 1.84. The second-order valence-corrected chi connectivity index (χ2v) is 6.85. The lowest BCUT2D eigenvalue weighted by molar-refractivity contribution is -0.146. The van der Waals surface area contributed by atoms with Crippen molar-refractivity contribution in [3.05, 3.63) is 35.4 Å². The number of esters is 1. The van der Waals surface area contributed by atoms with Crippen LogP contribution in [-0.4, -0.2) is 62.6 Å². The van der Waals surface area contributed by atoms with Gasteiger partial charge in [-0.05, 0) is 44.0 Å². The van der Waals surface area contributed by atoms with Crippen molar-refractivity contribution in [3.63, 3.8) is 0 Å². The molecular weight excluding hydrogens is 401 g/mol. The van der Waals surface area contributed by atoms with Crippen LogP contribution in [0.2, 0.25) is 0 Å². The molecule has 1 saturated heterocycles. The number of ether oxygens (including phenoxy) is 1. The van der Waals surface area contributed by atoms with E-state index >= 15 is 0 Å². The van der Waals surface area contributed by atoms with Crippen molar-refractivity contribution in [2.24, 2.45) is 10.9 Å². The molecule has 1 aliphatic heterocycles. The average molecular weight is 428 g/mol. The summed E-state index contributed by atoms with van der Waals surface area (Å²) < 4.78 is 42.6. The molecule has 1 aromatic rings. The summed E-state index contributed by atoms with van der Waals surface area (Å²) in [6, 6.07) is 4.07. The molecule has 1 amide bonds. The Labute approximate surface area is 173 Å². The highest BCUT2D eigenvalue weighted by molar-refractivity contribution is 5.94. The number of aliphatic imine (C=N–C) groups is 1. The van der Waals surface area contributed by atoms with Gasteiger partial charge in [0, 0.05) is 31.7 Å². The fourth-order valence-electron chi connectivity index (χ4n) is 3.16. The van der Waals surface area contributed by atoms with Crippen molar-refractivity contribution in [2.75, 3.05) is 39.8 Å². The molecule has 1 fully saturated rings. The number of guanidine groups is 1. The Kier molecular flexibility index (Phi) is 8.49. The maximum atomic E-state index is 12.6. The van der Waals surface area contributed by atoms with Crippen LogP contribution in [0.25, 0.3) is 0 Å². The van der Waals surface area contributed by atoms with E-state index in [0.717, 1.165) is 24.3 Å². The predicted molar refractivity (Wildman–Crippen MR) is 106 cm³/mol. The predicted octanol–water partition coefficient (Wildman–Crippen LogP) is 2.29. The molecule has 1 heterocycles. The largest absolute Gasteiger partial charge is 0.469 e. The molecule has 10 heteroatoms. The number of piperidine rings is 1.